The summed E-state index contributed by atoms with van der Waals surface area (Å²) in [6.07, 6.45) is 3.27. The van der Waals surface area contributed by atoms with Crippen molar-refractivity contribution < 1.29 is 9.18 Å². The molecule has 1 saturated heterocycles. The first-order chi connectivity index (χ1) is 15.9. The molecular formula is C24H22ClFN6O. The van der Waals surface area contributed by atoms with E-state index in [1.165, 1.54) is 18.3 Å². The molecule has 0 aliphatic carbocycles. The minimum Gasteiger partial charge on any atom is -0.347 e. The van der Waals surface area contributed by atoms with E-state index in [-0.39, 0.29) is 23.7 Å². The fraction of sp³-hybridized carbons (Fsp3) is 0.250. The Morgan fingerprint density at radius 2 is 2.06 bits per heavy atom. The van der Waals surface area contributed by atoms with Gasteiger partial charge in [0.15, 0.2) is 5.65 Å². The molecule has 33 heavy (non-hydrogen) atoms. The minimum atomic E-state index is -0.379. The number of likely N-dealkylation sites (N-methyl/N-ethyl adjacent to an activating group) is 1. The second kappa shape index (κ2) is 8.53. The van der Waals surface area contributed by atoms with E-state index in [9.17, 15) is 9.18 Å². The molecule has 0 saturated carbocycles. The number of aryl methyl sites for hydroxylation is 1. The Bertz CT molecular complexity index is 1360. The lowest BCUT2D eigenvalue weighted by Crippen LogP contribution is -2.39. The molecule has 0 spiro atoms. The van der Waals surface area contributed by atoms with Crippen molar-refractivity contribution in [3.8, 4) is 11.3 Å². The van der Waals surface area contributed by atoms with Gasteiger partial charge in [-0.15, -0.1) is 0 Å². The second-order valence-electron chi connectivity index (χ2n) is 8.45. The van der Waals surface area contributed by atoms with Gasteiger partial charge in [-0.1, -0.05) is 17.7 Å². The van der Waals surface area contributed by atoms with Crippen LogP contribution in [0.2, 0.25) is 5.02 Å². The quantitative estimate of drug-likeness (QED) is 0.477. The highest BCUT2D eigenvalue weighted by Crippen LogP contribution is 2.33. The van der Waals surface area contributed by atoms with Crippen molar-refractivity contribution in [3.63, 3.8) is 0 Å². The monoisotopic (exact) mass is 464 g/mol. The maximum absolute atomic E-state index is 13.5. The van der Waals surface area contributed by atoms with Crippen molar-refractivity contribution in [3.05, 3.63) is 76.5 Å². The third-order valence-corrected chi connectivity index (χ3v) is 6.36. The Hall–Kier alpha value is -3.36. The number of carbonyl (C=O) groups is 1. The number of nitrogens with one attached hydrogen (secondary N) is 2. The summed E-state index contributed by atoms with van der Waals surface area (Å²) in [5, 5.41) is 11.6. The van der Waals surface area contributed by atoms with Gasteiger partial charge in [0.05, 0.1) is 5.56 Å². The Balaban J connectivity index is 1.43. The first kappa shape index (κ1) is 21.5. The fourth-order valence-electron chi connectivity index (χ4n) is 4.46. The standard InChI is InChI=1S/C24H22ClFN6O/c1-13-7-14(5-6-27-13)22-18-8-15(10-28-23(18)31-30-22)24(33)29-21-12-32(2)11-19(21)17-4-3-16(26)9-20(17)25/h3-10,19,21H,11-12H2,1-2H3,(H,29,33)(H,28,30,31). The summed E-state index contributed by atoms with van der Waals surface area (Å²) in [6.45, 7) is 3.28. The summed E-state index contributed by atoms with van der Waals surface area (Å²) < 4.78 is 13.5. The van der Waals surface area contributed by atoms with Gasteiger partial charge in [-0.2, -0.15) is 5.10 Å². The van der Waals surface area contributed by atoms with Gasteiger partial charge in [-0.3, -0.25) is 14.9 Å². The lowest BCUT2D eigenvalue weighted by atomic mass is 9.94. The molecule has 9 heteroatoms. The Morgan fingerprint density at radius 1 is 1.21 bits per heavy atom. The van der Waals surface area contributed by atoms with Gasteiger partial charge >= 0.3 is 0 Å². The molecule has 3 aromatic heterocycles. The summed E-state index contributed by atoms with van der Waals surface area (Å²) in [4.78, 5) is 23.9. The van der Waals surface area contributed by atoms with E-state index in [2.05, 4.69) is 30.4 Å². The molecule has 7 nitrogen and oxygen atoms in total. The maximum atomic E-state index is 13.5. The van der Waals surface area contributed by atoms with Crippen LogP contribution in [0.15, 0.2) is 48.8 Å². The van der Waals surface area contributed by atoms with Gasteiger partial charge in [0.2, 0.25) is 0 Å². The van der Waals surface area contributed by atoms with Crippen LogP contribution in [0.4, 0.5) is 4.39 Å². The third-order valence-electron chi connectivity index (χ3n) is 6.03. The van der Waals surface area contributed by atoms with Crippen LogP contribution >= 0.6 is 11.6 Å². The van der Waals surface area contributed by atoms with Gasteiger partial charge in [0, 0.05) is 59.1 Å². The Morgan fingerprint density at radius 3 is 2.85 bits per heavy atom. The average Bonchev–Trinajstić information content (AvgIpc) is 3.36. The van der Waals surface area contributed by atoms with Crippen LogP contribution in [0.1, 0.15) is 27.5 Å². The molecule has 2 N–H and O–H groups in total. The second-order valence-corrected chi connectivity index (χ2v) is 8.86. The van der Waals surface area contributed by atoms with E-state index >= 15 is 0 Å². The number of aromatic amines is 1. The van der Waals surface area contributed by atoms with Crippen LogP contribution in [0.5, 0.6) is 0 Å². The predicted molar refractivity (Wildman–Crippen MR) is 125 cm³/mol. The number of likely N-dealkylation sites (tertiary alicyclic amines) is 1. The number of carbonyl (C=O) groups excluding carboxylic acids is 1. The van der Waals surface area contributed by atoms with Gasteiger partial charge in [-0.25, -0.2) is 9.37 Å². The predicted octanol–water partition coefficient (Wildman–Crippen LogP) is 3.95. The molecule has 4 aromatic rings. The lowest BCUT2D eigenvalue weighted by molar-refractivity contribution is 0.0935. The highest BCUT2D eigenvalue weighted by molar-refractivity contribution is 6.31. The average molecular weight is 465 g/mol. The Labute approximate surface area is 195 Å². The number of amides is 1. The molecule has 1 aliphatic heterocycles. The van der Waals surface area contributed by atoms with Crippen LogP contribution < -0.4 is 5.32 Å². The summed E-state index contributed by atoms with van der Waals surface area (Å²) in [5.41, 5.74) is 4.36. The SMILES string of the molecule is Cc1cc(-c2n[nH]c3ncc(C(=O)NC4CN(C)CC4c4ccc(F)cc4Cl)cc23)ccn1. The molecule has 0 radical (unpaired) electrons. The molecule has 1 amide bonds. The molecule has 2 unspecified atom stereocenters. The number of nitrogens with zero attached hydrogens (tertiary/aromatic N) is 4. The number of fused-ring (bicyclic) bond motifs is 1. The highest BCUT2D eigenvalue weighted by atomic mass is 35.5. The molecule has 5 rings (SSSR count). The largest absolute Gasteiger partial charge is 0.347 e. The van der Waals surface area contributed by atoms with Crippen molar-refractivity contribution in [1.29, 1.82) is 0 Å². The van der Waals surface area contributed by atoms with E-state index in [0.29, 0.717) is 35.0 Å². The number of pyridine rings is 2. The van der Waals surface area contributed by atoms with Gasteiger partial charge in [-0.05, 0) is 49.9 Å². The van der Waals surface area contributed by atoms with E-state index in [4.69, 9.17) is 11.6 Å². The normalized spacial score (nSPS) is 18.7. The van der Waals surface area contributed by atoms with Gasteiger partial charge < -0.3 is 10.2 Å². The molecule has 1 aromatic carbocycles. The summed E-state index contributed by atoms with van der Waals surface area (Å²) in [5.74, 6) is -0.658. The number of benzene rings is 1. The third kappa shape index (κ3) is 4.19. The van der Waals surface area contributed by atoms with E-state index < -0.39 is 0 Å². The van der Waals surface area contributed by atoms with Gasteiger partial charge in [0.1, 0.15) is 11.5 Å². The zero-order valence-corrected chi connectivity index (χ0v) is 18.9. The smallest absolute Gasteiger partial charge is 0.253 e. The Kier molecular flexibility index (Phi) is 5.55. The van der Waals surface area contributed by atoms with Crippen LogP contribution in [-0.2, 0) is 0 Å². The first-order valence-corrected chi connectivity index (χ1v) is 11.0. The van der Waals surface area contributed by atoms with E-state index in [1.807, 2.05) is 26.1 Å². The molecule has 4 heterocycles. The molecule has 0 bridgehead atoms. The maximum Gasteiger partial charge on any atom is 0.253 e. The lowest BCUT2D eigenvalue weighted by Gasteiger charge is -2.21. The minimum absolute atomic E-state index is 0.0481. The van der Waals surface area contributed by atoms with Gasteiger partial charge in [0.25, 0.3) is 5.91 Å². The van der Waals surface area contributed by atoms with Crippen LogP contribution in [0, 0.1) is 12.7 Å². The van der Waals surface area contributed by atoms with Crippen molar-refractivity contribution in [2.75, 3.05) is 20.1 Å². The van der Waals surface area contributed by atoms with Crippen molar-refractivity contribution in [2.24, 2.45) is 0 Å². The van der Waals surface area contributed by atoms with Crippen LogP contribution in [0.3, 0.4) is 0 Å². The van der Waals surface area contributed by atoms with E-state index in [1.54, 1.807) is 18.3 Å². The molecular weight excluding hydrogens is 443 g/mol. The van der Waals surface area contributed by atoms with Crippen LogP contribution in [-0.4, -0.2) is 57.2 Å². The number of H-pyrrole nitrogens is 1. The fourth-order valence-corrected chi connectivity index (χ4v) is 4.76. The molecule has 168 valence electrons. The summed E-state index contributed by atoms with van der Waals surface area (Å²) in [7, 11) is 1.98. The van der Waals surface area contributed by atoms with Crippen LogP contribution in [0.25, 0.3) is 22.3 Å². The number of rotatable bonds is 4. The zero-order chi connectivity index (χ0) is 23.1. The summed E-state index contributed by atoms with van der Waals surface area (Å²) >= 11 is 6.32. The number of halogens is 2. The summed E-state index contributed by atoms with van der Waals surface area (Å²) in [6, 6.07) is 9.85. The number of aromatic nitrogens is 4. The number of hydrogen-bond donors (Lipinski definition) is 2. The molecule has 1 aliphatic rings. The molecule has 1 fully saturated rings. The zero-order valence-electron chi connectivity index (χ0n) is 18.1. The van der Waals surface area contributed by atoms with Crippen molar-refractivity contribution in [1.82, 2.24) is 30.4 Å². The van der Waals surface area contributed by atoms with Crippen molar-refractivity contribution >= 4 is 28.5 Å². The first-order valence-electron chi connectivity index (χ1n) is 10.6. The van der Waals surface area contributed by atoms with E-state index in [0.717, 1.165) is 22.2 Å². The molecule has 2 atom stereocenters. The number of hydrogen-bond acceptors (Lipinski definition) is 5. The highest BCUT2D eigenvalue weighted by Gasteiger charge is 2.34. The van der Waals surface area contributed by atoms with Crippen molar-refractivity contribution in [2.45, 2.75) is 18.9 Å². The topological polar surface area (TPSA) is 86.8 Å².